The van der Waals surface area contributed by atoms with Crippen LogP contribution < -0.4 is 5.73 Å². The average molecular weight is 171 g/mol. The normalized spacial score (nSPS) is 13.3. The summed E-state index contributed by atoms with van der Waals surface area (Å²) in [5.41, 5.74) is 5.31. The Bertz CT molecular complexity index is 186. The van der Waals surface area contributed by atoms with Crippen LogP contribution >= 0.6 is 11.3 Å². The fourth-order valence-corrected chi connectivity index (χ4v) is 1.58. The molecule has 0 amide bonds. The molecule has 2 nitrogen and oxygen atoms in total. The molecule has 2 N–H and O–H groups in total. The molecule has 1 rings (SSSR count). The Kier molecular flexibility index (Phi) is 3.56. The van der Waals surface area contributed by atoms with Crippen LogP contribution in [0.2, 0.25) is 0 Å². The first-order valence-electron chi connectivity index (χ1n) is 3.69. The largest absolute Gasteiger partial charge is 0.372 e. The van der Waals surface area contributed by atoms with E-state index in [2.05, 4.69) is 11.4 Å². The predicted octanol–water partition coefficient (Wildman–Crippen LogP) is 1.78. The molecule has 0 aliphatic rings. The van der Waals surface area contributed by atoms with Crippen LogP contribution in [0.3, 0.4) is 0 Å². The molecule has 1 heterocycles. The van der Waals surface area contributed by atoms with Crippen LogP contribution in [0.1, 0.15) is 17.9 Å². The van der Waals surface area contributed by atoms with E-state index in [-0.39, 0.29) is 6.10 Å². The highest BCUT2D eigenvalue weighted by atomic mass is 32.1. The highest BCUT2D eigenvalue weighted by molar-refractivity contribution is 7.10. The van der Waals surface area contributed by atoms with Crippen molar-refractivity contribution in [1.82, 2.24) is 0 Å². The molecule has 3 heteroatoms. The van der Waals surface area contributed by atoms with E-state index in [1.807, 2.05) is 13.0 Å². The van der Waals surface area contributed by atoms with Gasteiger partial charge in [0.2, 0.25) is 0 Å². The van der Waals surface area contributed by atoms with Crippen LogP contribution in [0, 0.1) is 0 Å². The SMILES string of the molecule is CC(OCCN)c1cccs1. The van der Waals surface area contributed by atoms with Gasteiger partial charge in [-0.2, -0.15) is 0 Å². The third kappa shape index (κ3) is 2.61. The summed E-state index contributed by atoms with van der Waals surface area (Å²) < 4.78 is 5.42. The first-order chi connectivity index (χ1) is 5.34. The van der Waals surface area contributed by atoms with E-state index in [1.54, 1.807) is 11.3 Å². The number of rotatable bonds is 4. The van der Waals surface area contributed by atoms with Gasteiger partial charge in [-0.05, 0) is 18.4 Å². The van der Waals surface area contributed by atoms with Crippen molar-refractivity contribution in [1.29, 1.82) is 0 Å². The summed E-state index contributed by atoms with van der Waals surface area (Å²) in [4.78, 5) is 1.26. The number of hydrogen-bond donors (Lipinski definition) is 1. The molecule has 0 saturated heterocycles. The minimum atomic E-state index is 0.193. The summed E-state index contributed by atoms with van der Waals surface area (Å²) in [6.07, 6.45) is 0.193. The number of ether oxygens (including phenoxy) is 1. The highest BCUT2D eigenvalue weighted by Crippen LogP contribution is 2.20. The zero-order chi connectivity index (χ0) is 8.10. The maximum atomic E-state index is 5.42. The van der Waals surface area contributed by atoms with Crippen LogP contribution in [-0.2, 0) is 4.74 Å². The van der Waals surface area contributed by atoms with Gasteiger partial charge in [-0.25, -0.2) is 0 Å². The standard InChI is InChI=1S/C8H13NOS/c1-7(10-5-4-9)8-3-2-6-11-8/h2-3,6-7H,4-5,9H2,1H3. The molecular formula is C8H13NOS. The van der Waals surface area contributed by atoms with Gasteiger partial charge in [-0.1, -0.05) is 6.07 Å². The Morgan fingerprint density at radius 2 is 2.55 bits per heavy atom. The molecule has 0 aliphatic heterocycles. The summed E-state index contributed by atoms with van der Waals surface area (Å²) in [6, 6.07) is 4.11. The molecule has 0 spiro atoms. The van der Waals surface area contributed by atoms with Crippen LogP contribution in [0.4, 0.5) is 0 Å². The van der Waals surface area contributed by atoms with Gasteiger partial charge in [0.05, 0.1) is 12.7 Å². The molecule has 0 bridgehead atoms. The predicted molar refractivity (Wildman–Crippen MR) is 47.7 cm³/mol. The molecule has 0 aromatic carbocycles. The first-order valence-corrected chi connectivity index (χ1v) is 4.57. The molecule has 11 heavy (non-hydrogen) atoms. The molecule has 1 aromatic rings. The van der Waals surface area contributed by atoms with Crippen molar-refractivity contribution < 1.29 is 4.74 Å². The summed E-state index contributed by atoms with van der Waals surface area (Å²) in [6.45, 7) is 3.27. The lowest BCUT2D eigenvalue weighted by Crippen LogP contribution is -2.10. The van der Waals surface area contributed by atoms with Gasteiger partial charge in [-0.3, -0.25) is 0 Å². The van der Waals surface area contributed by atoms with Crippen molar-refractivity contribution in [2.24, 2.45) is 5.73 Å². The number of hydrogen-bond acceptors (Lipinski definition) is 3. The number of thiophene rings is 1. The van der Waals surface area contributed by atoms with Gasteiger partial charge in [0, 0.05) is 11.4 Å². The van der Waals surface area contributed by atoms with Gasteiger partial charge in [0.15, 0.2) is 0 Å². The zero-order valence-electron chi connectivity index (χ0n) is 6.62. The summed E-state index contributed by atoms with van der Waals surface area (Å²) in [5.74, 6) is 0. The van der Waals surface area contributed by atoms with Crippen LogP contribution in [0.25, 0.3) is 0 Å². The average Bonchev–Trinajstić information content (AvgIpc) is 2.52. The molecule has 0 radical (unpaired) electrons. The molecule has 62 valence electrons. The third-order valence-electron chi connectivity index (χ3n) is 1.43. The Balaban J connectivity index is 2.36. The maximum absolute atomic E-state index is 5.42. The maximum Gasteiger partial charge on any atom is 0.0889 e. The van der Waals surface area contributed by atoms with Gasteiger partial charge in [-0.15, -0.1) is 11.3 Å². The molecule has 0 aliphatic carbocycles. The van der Waals surface area contributed by atoms with Crippen molar-refractivity contribution in [2.45, 2.75) is 13.0 Å². The Morgan fingerprint density at radius 1 is 1.73 bits per heavy atom. The molecule has 0 saturated carbocycles. The van der Waals surface area contributed by atoms with E-state index in [1.165, 1.54) is 4.88 Å². The molecule has 0 fully saturated rings. The monoisotopic (exact) mass is 171 g/mol. The lowest BCUT2D eigenvalue weighted by Gasteiger charge is -2.09. The van der Waals surface area contributed by atoms with Gasteiger partial charge < -0.3 is 10.5 Å². The van der Waals surface area contributed by atoms with Gasteiger partial charge in [0.1, 0.15) is 0 Å². The van der Waals surface area contributed by atoms with Crippen molar-refractivity contribution in [3.05, 3.63) is 22.4 Å². The highest BCUT2D eigenvalue weighted by Gasteiger charge is 2.04. The Hall–Kier alpha value is -0.380. The van der Waals surface area contributed by atoms with E-state index >= 15 is 0 Å². The molecule has 1 unspecified atom stereocenters. The fourth-order valence-electron chi connectivity index (χ4n) is 0.850. The second-order valence-corrected chi connectivity index (χ2v) is 3.30. The molecule has 1 aromatic heterocycles. The van der Waals surface area contributed by atoms with Crippen molar-refractivity contribution in [3.8, 4) is 0 Å². The smallest absolute Gasteiger partial charge is 0.0889 e. The van der Waals surface area contributed by atoms with Crippen molar-refractivity contribution in [2.75, 3.05) is 13.2 Å². The van der Waals surface area contributed by atoms with Crippen LogP contribution in [0.5, 0.6) is 0 Å². The van der Waals surface area contributed by atoms with E-state index in [0.29, 0.717) is 13.2 Å². The summed E-state index contributed by atoms with van der Waals surface area (Å²) in [5, 5.41) is 2.05. The topological polar surface area (TPSA) is 35.2 Å². The first kappa shape index (κ1) is 8.71. The summed E-state index contributed by atoms with van der Waals surface area (Å²) in [7, 11) is 0. The Labute approximate surface area is 71.0 Å². The van der Waals surface area contributed by atoms with Crippen molar-refractivity contribution >= 4 is 11.3 Å². The fraction of sp³-hybridized carbons (Fsp3) is 0.500. The molecule has 1 atom stereocenters. The Morgan fingerprint density at radius 3 is 3.09 bits per heavy atom. The van der Waals surface area contributed by atoms with Crippen molar-refractivity contribution in [3.63, 3.8) is 0 Å². The van der Waals surface area contributed by atoms with Gasteiger partial charge in [0.25, 0.3) is 0 Å². The van der Waals surface area contributed by atoms with E-state index in [4.69, 9.17) is 10.5 Å². The minimum Gasteiger partial charge on any atom is -0.372 e. The van der Waals surface area contributed by atoms with E-state index in [0.717, 1.165) is 0 Å². The van der Waals surface area contributed by atoms with Gasteiger partial charge >= 0.3 is 0 Å². The van der Waals surface area contributed by atoms with Crippen LogP contribution in [-0.4, -0.2) is 13.2 Å². The quantitative estimate of drug-likeness (QED) is 0.749. The lowest BCUT2D eigenvalue weighted by atomic mass is 10.3. The van der Waals surface area contributed by atoms with E-state index in [9.17, 15) is 0 Å². The lowest BCUT2D eigenvalue weighted by molar-refractivity contribution is 0.0742. The number of nitrogens with two attached hydrogens (primary N) is 1. The minimum absolute atomic E-state index is 0.193. The van der Waals surface area contributed by atoms with Crippen LogP contribution in [0.15, 0.2) is 17.5 Å². The second kappa shape index (κ2) is 4.49. The molecular weight excluding hydrogens is 158 g/mol. The summed E-state index contributed by atoms with van der Waals surface area (Å²) >= 11 is 1.72. The zero-order valence-corrected chi connectivity index (χ0v) is 7.43. The second-order valence-electron chi connectivity index (χ2n) is 2.32. The third-order valence-corrected chi connectivity index (χ3v) is 2.46. The van der Waals surface area contributed by atoms with E-state index < -0.39 is 0 Å².